The summed E-state index contributed by atoms with van der Waals surface area (Å²) in [6, 6.07) is 7.61. The molecule has 5 nitrogen and oxygen atoms in total. The molecule has 0 saturated carbocycles. The zero-order valence-corrected chi connectivity index (χ0v) is 9.84. The van der Waals surface area contributed by atoms with E-state index in [4.69, 9.17) is 10.2 Å². The molecule has 0 aliphatic rings. The summed E-state index contributed by atoms with van der Waals surface area (Å²) in [6.45, 7) is 1.89. The van der Waals surface area contributed by atoms with Crippen molar-refractivity contribution in [2.45, 2.75) is 6.92 Å². The number of furan rings is 1. The molecule has 90 valence electrons. The molecule has 5 heteroatoms. The van der Waals surface area contributed by atoms with Gasteiger partial charge in [0.1, 0.15) is 12.0 Å². The quantitative estimate of drug-likeness (QED) is 0.721. The normalized spacial score (nSPS) is 10.7. The number of pyridine rings is 1. The van der Waals surface area contributed by atoms with Crippen molar-refractivity contribution < 1.29 is 4.42 Å². The van der Waals surface area contributed by atoms with E-state index >= 15 is 0 Å². The van der Waals surface area contributed by atoms with E-state index in [0.29, 0.717) is 5.82 Å². The molecular weight excluding hydrogens is 228 g/mol. The fourth-order valence-corrected chi connectivity index (χ4v) is 1.91. The van der Waals surface area contributed by atoms with Gasteiger partial charge >= 0.3 is 0 Å². The maximum atomic E-state index is 5.90. The van der Waals surface area contributed by atoms with Gasteiger partial charge < -0.3 is 10.2 Å². The summed E-state index contributed by atoms with van der Waals surface area (Å²) in [6.07, 6.45) is 3.40. The van der Waals surface area contributed by atoms with E-state index in [1.807, 2.05) is 31.2 Å². The van der Waals surface area contributed by atoms with Crippen LogP contribution in [0.4, 0.5) is 5.82 Å². The first-order valence-electron chi connectivity index (χ1n) is 5.56. The Morgan fingerprint density at radius 1 is 1.33 bits per heavy atom. The van der Waals surface area contributed by atoms with Crippen molar-refractivity contribution in [2.75, 3.05) is 5.73 Å². The lowest BCUT2D eigenvalue weighted by atomic mass is 10.1. The molecule has 3 heterocycles. The number of hydrogen-bond donors (Lipinski definition) is 2. The molecular formula is C13H12N4O. The van der Waals surface area contributed by atoms with Crippen LogP contribution in [0.2, 0.25) is 0 Å². The zero-order valence-electron chi connectivity index (χ0n) is 9.84. The fourth-order valence-electron chi connectivity index (χ4n) is 1.91. The summed E-state index contributed by atoms with van der Waals surface area (Å²) in [5, 5.41) is 6.98. The third kappa shape index (κ3) is 1.66. The Balaban J connectivity index is 2.18. The molecule has 18 heavy (non-hydrogen) atoms. The van der Waals surface area contributed by atoms with E-state index in [9.17, 15) is 0 Å². The van der Waals surface area contributed by atoms with Gasteiger partial charge in [0.15, 0.2) is 5.82 Å². The molecule has 0 aromatic carbocycles. The molecule has 0 radical (unpaired) electrons. The fraction of sp³-hybridized carbons (Fsp3) is 0.0769. The first-order valence-corrected chi connectivity index (χ1v) is 5.56. The van der Waals surface area contributed by atoms with E-state index < -0.39 is 0 Å². The largest absolute Gasteiger partial charge is 0.469 e. The number of aromatic nitrogens is 3. The number of nitrogen functional groups attached to an aromatic ring is 1. The smallest absolute Gasteiger partial charge is 0.155 e. The monoisotopic (exact) mass is 240 g/mol. The molecule has 3 N–H and O–H groups in total. The van der Waals surface area contributed by atoms with Crippen molar-refractivity contribution in [2.24, 2.45) is 0 Å². The number of rotatable bonds is 2. The van der Waals surface area contributed by atoms with Gasteiger partial charge in [-0.1, -0.05) is 6.07 Å². The second kappa shape index (κ2) is 4.03. The molecule has 3 aromatic rings. The molecule has 0 unspecified atom stereocenters. The summed E-state index contributed by atoms with van der Waals surface area (Å²) in [5.41, 5.74) is 9.23. The molecule has 0 fully saturated rings. The van der Waals surface area contributed by atoms with E-state index in [-0.39, 0.29) is 0 Å². The van der Waals surface area contributed by atoms with Gasteiger partial charge in [0.25, 0.3) is 0 Å². The van der Waals surface area contributed by atoms with Gasteiger partial charge in [-0.05, 0) is 25.1 Å². The first kappa shape index (κ1) is 10.6. The minimum absolute atomic E-state index is 0.433. The maximum Gasteiger partial charge on any atom is 0.155 e. The standard InChI is InChI=1S/C13H12N4O/c1-8-6-9(7-18-8)12-11(13(14)17-16-12)10-4-2-3-5-15-10/h2-7H,1H3,(H3,14,16,17). The van der Waals surface area contributed by atoms with Crippen LogP contribution in [-0.2, 0) is 0 Å². The molecule has 0 aliphatic heterocycles. The van der Waals surface area contributed by atoms with Crippen LogP contribution in [-0.4, -0.2) is 15.2 Å². The van der Waals surface area contributed by atoms with Crippen LogP contribution in [0.1, 0.15) is 5.76 Å². The van der Waals surface area contributed by atoms with Crippen molar-refractivity contribution in [3.8, 4) is 22.5 Å². The van der Waals surface area contributed by atoms with E-state index in [0.717, 1.165) is 28.3 Å². The molecule has 0 saturated heterocycles. The van der Waals surface area contributed by atoms with Crippen LogP contribution >= 0.6 is 0 Å². The molecule has 3 aromatic heterocycles. The SMILES string of the molecule is Cc1cc(-c2[nH]nc(N)c2-c2ccccn2)co1. The van der Waals surface area contributed by atoms with Crippen LogP contribution < -0.4 is 5.73 Å². The molecule has 0 bridgehead atoms. The van der Waals surface area contributed by atoms with Crippen LogP contribution in [0.5, 0.6) is 0 Å². The summed E-state index contributed by atoms with van der Waals surface area (Å²) >= 11 is 0. The van der Waals surface area contributed by atoms with Crippen molar-refractivity contribution in [1.82, 2.24) is 15.2 Å². The second-order valence-corrected chi connectivity index (χ2v) is 4.02. The lowest BCUT2D eigenvalue weighted by Crippen LogP contribution is -1.90. The summed E-state index contributed by atoms with van der Waals surface area (Å²) in [7, 11) is 0. The Hall–Kier alpha value is -2.56. The Kier molecular flexibility index (Phi) is 2.37. The van der Waals surface area contributed by atoms with Gasteiger partial charge in [-0.15, -0.1) is 0 Å². The maximum absolute atomic E-state index is 5.90. The number of aryl methyl sites for hydroxylation is 1. The van der Waals surface area contributed by atoms with Crippen molar-refractivity contribution >= 4 is 5.82 Å². The average Bonchev–Trinajstić information content (AvgIpc) is 2.96. The van der Waals surface area contributed by atoms with Crippen molar-refractivity contribution in [3.05, 3.63) is 42.5 Å². The number of aromatic amines is 1. The van der Waals surface area contributed by atoms with E-state index in [1.54, 1.807) is 12.5 Å². The highest BCUT2D eigenvalue weighted by atomic mass is 16.3. The Labute approximate surface area is 104 Å². The summed E-state index contributed by atoms with van der Waals surface area (Å²) < 4.78 is 5.31. The number of nitrogens with two attached hydrogens (primary N) is 1. The summed E-state index contributed by atoms with van der Waals surface area (Å²) in [4.78, 5) is 4.30. The van der Waals surface area contributed by atoms with Gasteiger partial charge in [0.2, 0.25) is 0 Å². The predicted molar refractivity (Wildman–Crippen MR) is 68.7 cm³/mol. The topological polar surface area (TPSA) is 80.7 Å². The number of nitrogens with one attached hydrogen (secondary N) is 1. The van der Waals surface area contributed by atoms with Gasteiger partial charge in [0.05, 0.1) is 17.0 Å². The van der Waals surface area contributed by atoms with Gasteiger partial charge in [-0.25, -0.2) is 0 Å². The van der Waals surface area contributed by atoms with Crippen molar-refractivity contribution in [1.29, 1.82) is 0 Å². The molecule has 0 spiro atoms. The average molecular weight is 240 g/mol. The number of nitrogens with zero attached hydrogens (tertiary/aromatic N) is 2. The van der Waals surface area contributed by atoms with Crippen LogP contribution in [0.25, 0.3) is 22.5 Å². The number of hydrogen-bond acceptors (Lipinski definition) is 4. The second-order valence-electron chi connectivity index (χ2n) is 4.02. The highest BCUT2D eigenvalue weighted by molar-refractivity contribution is 5.85. The highest BCUT2D eigenvalue weighted by Crippen LogP contribution is 2.33. The van der Waals surface area contributed by atoms with Crippen molar-refractivity contribution in [3.63, 3.8) is 0 Å². The van der Waals surface area contributed by atoms with E-state index in [1.165, 1.54) is 0 Å². The molecule has 0 aliphatic carbocycles. The number of H-pyrrole nitrogens is 1. The van der Waals surface area contributed by atoms with Crippen LogP contribution in [0.3, 0.4) is 0 Å². The lowest BCUT2D eigenvalue weighted by molar-refractivity contribution is 0.535. The van der Waals surface area contributed by atoms with Gasteiger partial charge in [0, 0.05) is 11.8 Å². The molecule has 3 rings (SSSR count). The molecule has 0 amide bonds. The lowest BCUT2D eigenvalue weighted by Gasteiger charge is -2.01. The number of anilines is 1. The van der Waals surface area contributed by atoms with Gasteiger partial charge in [-0.2, -0.15) is 5.10 Å². The minimum atomic E-state index is 0.433. The van der Waals surface area contributed by atoms with Crippen LogP contribution in [0.15, 0.2) is 41.1 Å². The Morgan fingerprint density at radius 2 is 2.22 bits per heavy atom. The minimum Gasteiger partial charge on any atom is -0.469 e. The Morgan fingerprint density at radius 3 is 2.89 bits per heavy atom. The predicted octanol–water partition coefficient (Wildman–Crippen LogP) is 2.62. The van der Waals surface area contributed by atoms with E-state index in [2.05, 4.69) is 15.2 Å². The zero-order chi connectivity index (χ0) is 12.5. The Bertz CT molecular complexity index is 669. The van der Waals surface area contributed by atoms with Crippen LogP contribution in [0, 0.1) is 6.92 Å². The first-order chi connectivity index (χ1) is 8.75. The third-order valence-corrected chi connectivity index (χ3v) is 2.73. The van der Waals surface area contributed by atoms with Gasteiger partial charge in [-0.3, -0.25) is 10.1 Å². The third-order valence-electron chi connectivity index (χ3n) is 2.73. The highest BCUT2D eigenvalue weighted by Gasteiger charge is 2.16. The summed E-state index contributed by atoms with van der Waals surface area (Å²) in [5.74, 6) is 1.27. The molecule has 0 atom stereocenters.